The first kappa shape index (κ1) is 25.8. The van der Waals surface area contributed by atoms with Crippen LogP contribution >= 0.6 is 0 Å². The molecule has 206 valence electrons. The van der Waals surface area contributed by atoms with Crippen molar-refractivity contribution >= 4 is 17.5 Å². The number of anilines is 1. The molecule has 2 aromatic carbocycles. The van der Waals surface area contributed by atoms with Crippen molar-refractivity contribution < 1.29 is 18.7 Å². The predicted octanol–water partition coefficient (Wildman–Crippen LogP) is 2.54. The van der Waals surface area contributed by atoms with Gasteiger partial charge in [-0.05, 0) is 80.6 Å². The fourth-order valence-corrected chi connectivity index (χ4v) is 5.79. The quantitative estimate of drug-likeness (QED) is 0.348. The van der Waals surface area contributed by atoms with Crippen LogP contribution in [0.4, 0.5) is 10.1 Å². The summed E-state index contributed by atoms with van der Waals surface area (Å²) < 4.78 is 19.1. The van der Waals surface area contributed by atoms with E-state index in [-0.39, 0.29) is 29.8 Å². The number of fused-ring (bicyclic) bond motifs is 2. The van der Waals surface area contributed by atoms with E-state index in [0.717, 1.165) is 43.5 Å². The Labute approximate surface area is 227 Å². The summed E-state index contributed by atoms with van der Waals surface area (Å²) in [6, 6.07) is 13.7. The molecule has 0 spiro atoms. The zero-order valence-electron chi connectivity index (χ0n) is 21.8. The molecule has 2 aromatic rings. The van der Waals surface area contributed by atoms with Gasteiger partial charge in [-0.1, -0.05) is 12.1 Å². The molecule has 3 aliphatic heterocycles. The van der Waals surface area contributed by atoms with Gasteiger partial charge < -0.3 is 25.7 Å². The first-order valence-electron chi connectivity index (χ1n) is 13.8. The Kier molecular flexibility index (Phi) is 7.49. The second-order valence-electron chi connectivity index (χ2n) is 10.8. The molecule has 0 aromatic heterocycles. The second kappa shape index (κ2) is 11.3. The van der Waals surface area contributed by atoms with Crippen LogP contribution in [0, 0.1) is 5.82 Å². The molecule has 1 saturated carbocycles. The van der Waals surface area contributed by atoms with Crippen LogP contribution in [0.3, 0.4) is 0 Å². The SMILES string of the molecule is O=C(N[C@@H](CCCN[C@@H]1C[C@H]1c1ccc(F)cc1)C(=O)N1CC2CCC(C1)O2)c1ccc(N2C=CNN2)cc1. The van der Waals surface area contributed by atoms with Crippen molar-refractivity contribution in [2.75, 3.05) is 24.6 Å². The minimum Gasteiger partial charge on any atom is -0.371 e. The smallest absolute Gasteiger partial charge is 0.251 e. The minimum absolute atomic E-state index is 0.0340. The monoisotopic (exact) mass is 534 g/mol. The zero-order chi connectivity index (χ0) is 26.8. The Bertz CT molecular complexity index is 1190. The number of amides is 2. The fourth-order valence-electron chi connectivity index (χ4n) is 5.79. The van der Waals surface area contributed by atoms with Crippen LogP contribution in [0.25, 0.3) is 0 Å². The third-order valence-electron chi connectivity index (χ3n) is 8.02. The highest BCUT2D eigenvalue weighted by molar-refractivity contribution is 5.97. The third kappa shape index (κ3) is 6.08. The molecule has 1 aliphatic carbocycles. The molecule has 6 rings (SSSR count). The van der Waals surface area contributed by atoms with E-state index in [4.69, 9.17) is 4.74 Å². The van der Waals surface area contributed by atoms with Crippen LogP contribution in [0.2, 0.25) is 0 Å². The van der Waals surface area contributed by atoms with Crippen molar-refractivity contribution in [1.82, 2.24) is 26.5 Å². The number of morpholine rings is 1. The predicted molar refractivity (Wildman–Crippen MR) is 145 cm³/mol. The fraction of sp³-hybridized carbons (Fsp3) is 0.448. The summed E-state index contributed by atoms with van der Waals surface area (Å²) in [4.78, 5) is 28.7. The van der Waals surface area contributed by atoms with Crippen LogP contribution in [0.5, 0.6) is 0 Å². The van der Waals surface area contributed by atoms with Gasteiger partial charge in [0.25, 0.3) is 5.91 Å². The van der Waals surface area contributed by atoms with Gasteiger partial charge in [0.05, 0.1) is 17.9 Å². The molecule has 5 atom stereocenters. The highest BCUT2D eigenvalue weighted by Crippen LogP contribution is 2.40. The molecule has 10 heteroatoms. The van der Waals surface area contributed by atoms with Crippen LogP contribution < -0.4 is 26.6 Å². The van der Waals surface area contributed by atoms with E-state index in [9.17, 15) is 14.0 Å². The summed E-state index contributed by atoms with van der Waals surface area (Å²) in [6.07, 6.45) is 8.09. The molecule has 2 amide bonds. The Hall–Kier alpha value is -3.47. The number of benzene rings is 2. The van der Waals surface area contributed by atoms with Crippen LogP contribution in [0.1, 0.15) is 53.9 Å². The molecule has 4 aliphatic rings. The lowest BCUT2D eigenvalue weighted by Gasteiger charge is -2.34. The molecule has 2 unspecified atom stereocenters. The van der Waals surface area contributed by atoms with Gasteiger partial charge >= 0.3 is 0 Å². The van der Waals surface area contributed by atoms with E-state index in [0.29, 0.717) is 37.0 Å². The van der Waals surface area contributed by atoms with Gasteiger partial charge in [0.1, 0.15) is 11.9 Å². The number of hydrazine groups is 2. The van der Waals surface area contributed by atoms with Gasteiger partial charge in [-0.2, -0.15) is 0 Å². The van der Waals surface area contributed by atoms with E-state index in [2.05, 4.69) is 21.6 Å². The number of hydrogen-bond acceptors (Lipinski definition) is 7. The van der Waals surface area contributed by atoms with Gasteiger partial charge in [-0.15, -0.1) is 5.53 Å². The van der Waals surface area contributed by atoms with Gasteiger partial charge in [0.15, 0.2) is 0 Å². The van der Waals surface area contributed by atoms with Crippen LogP contribution in [-0.4, -0.2) is 60.6 Å². The maximum atomic E-state index is 13.6. The molecule has 2 saturated heterocycles. The van der Waals surface area contributed by atoms with E-state index in [1.54, 1.807) is 23.3 Å². The second-order valence-corrected chi connectivity index (χ2v) is 10.8. The van der Waals surface area contributed by atoms with E-state index < -0.39 is 6.04 Å². The first-order valence-corrected chi connectivity index (χ1v) is 13.8. The van der Waals surface area contributed by atoms with Crippen molar-refractivity contribution in [1.29, 1.82) is 0 Å². The number of carbonyl (C=O) groups excluding carboxylic acids is 2. The summed E-state index contributed by atoms with van der Waals surface area (Å²) in [5.41, 5.74) is 8.38. The molecule has 39 heavy (non-hydrogen) atoms. The molecule has 9 nitrogen and oxygen atoms in total. The standard InChI is InChI=1S/C29H35FN6O3/c30-21-7-3-19(4-8-21)25-16-27(25)31-13-1-2-26(29(38)35-17-23-11-12-24(18-35)39-23)33-28(37)20-5-9-22(10-6-20)36-15-14-32-34-36/h3-10,14-15,23-27,31-32,34H,1-2,11-13,16-18H2,(H,33,37)/t23?,24?,25-,26-,27+/m0/s1. The number of rotatable bonds is 10. The lowest BCUT2D eigenvalue weighted by molar-refractivity contribution is -0.142. The summed E-state index contributed by atoms with van der Waals surface area (Å²) in [6.45, 7) is 1.91. The van der Waals surface area contributed by atoms with Crippen molar-refractivity contribution in [3.63, 3.8) is 0 Å². The van der Waals surface area contributed by atoms with Crippen molar-refractivity contribution in [3.8, 4) is 0 Å². The lowest BCUT2D eigenvalue weighted by Crippen LogP contribution is -2.54. The Morgan fingerprint density at radius 1 is 1.05 bits per heavy atom. The number of nitrogens with zero attached hydrogens (tertiary/aromatic N) is 2. The van der Waals surface area contributed by atoms with E-state index in [1.165, 1.54) is 12.1 Å². The summed E-state index contributed by atoms with van der Waals surface area (Å²) in [5, 5.41) is 8.39. The first-order chi connectivity index (χ1) is 19.0. The number of likely N-dealkylation sites (tertiary alicyclic amines) is 1. The average Bonchev–Trinajstić information content (AvgIpc) is 3.34. The van der Waals surface area contributed by atoms with Crippen molar-refractivity contribution in [2.45, 2.75) is 62.3 Å². The largest absolute Gasteiger partial charge is 0.371 e. The summed E-state index contributed by atoms with van der Waals surface area (Å²) in [7, 11) is 0. The lowest BCUT2D eigenvalue weighted by atomic mass is 10.1. The number of hydrogen-bond donors (Lipinski definition) is 4. The van der Waals surface area contributed by atoms with Crippen LogP contribution in [-0.2, 0) is 9.53 Å². The maximum absolute atomic E-state index is 13.6. The van der Waals surface area contributed by atoms with E-state index >= 15 is 0 Å². The molecule has 3 heterocycles. The molecule has 3 fully saturated rings. The maximum Gasteiger partial charge on any atom is 0.251 e. The zero-order valence-corrected chi connectivity index (χ0v) is 21.8. The van der Waals surface area contributed by atoms with Gasteiger partial charge in [-0.3, -0.25) is 14.6 Å². The van der Waals surface area contributed by atoms with Gasteiger partial charge in [-0.25, -0.2) is 4.39 Å². The molecule has 2 bridgehead atoms. The Balaban J connectivity index is 1.05. The molecule has 0 radical (unpaired) electrons. The number of ether oxygens (including phenoxy) is 1. The minimum atomic E-state index is -0.601. The third-order valence-corrected chi connectivity index (χ3v) is 8.02. The number of carbonyl (C=O) groups is 2. The van der Waals surface area contributed by atoms with Crippen molar-refractivity contribution in [2.24, 2.45) is 0 Å². The van der Waals surface area contributed by atoms with Gasteiger partial charge in [0.2, 0.25) is 5.91 Å². The molecular formula is C29H35FN6O3. The molecule has 4 N–H and O–H groups in total. The molecular weight excluding hydrogens is 499 g/mol. The summed E-state index contributed by atoms with van der Waals surface area (Å²) >= 11 is 0. The summed E-state index contributed by atoms with van der Waals surface area (Å²) in [5.74, 6) is -0.112. The highest BCUT2D eigenvalue weighted by Gasteiger charge is 2.39. The Morgan fingerprint density at radius 3 is 2.49 bits per heavy atom. The highest BCUT2D eigenvalue weighted by atomic mass is 19.1. The average molecular weight is 535 g/mol. The normalized spacial score (nSPS) is 25.9. The van der Waals surface area contributed by atoms with E-state index in [1.807, 2.05) is 35.4 Å². The number of nitrogens with one attached hydrogen (secondary N) is 4. The van der Waals surface area contributed by atoms with Crippen LogP contribution in [0.15, 0.2) is 60.9 Å². The topological polar surface area (TPSA) is 98.0 Å². The van der Waals surface area contributed by atoms with Gasteiger partial charge in [0, 0.05) is 43.0 Å². The number of halogens is 1. The van der Waals surface area contributed by atoms with Crippen molar-refractivity contribution in [3.05, 3.63) is 77.9 Å². The Morgan fingerprint density at radius 2 is 1.79 bits per heavy atom.